The zero-order valence-corrected chi connectivity index (χ0v) is 6.95. The molecule has 1 aliphatic rings. The molecular formula is C9H16O2. The van der Waals surface area contributed by atoms with E-state index < -0.39 is 0 Å². The summed E-state index contributed by atoms with van der Waals surface area (Å²) < 4.78 is 0. The van der Waals surface area contributed by atoms with Gasteiger partial charge in [-0.25, -0.2) is 0 Å². The van der Waals surface area contributed by atoms with Gasteiger partial charge in [-0.3, -0.25) is 0 Å². The number of rotatable bonds is 2. The first-order chi connectivity index (χ1) is 5.19. The third kappa shape index (κ3) is 1.82. The summed E-state index contributed by atoms with van der Waals surface area (Å²) in [6.07, 6.45) is 6.16. The molecule has 0 fully saturated rings. The van der Waals surface area contributed by atoms with Crippen LogP contribution in [0.4, 0.5) is 0 Å². The second-order valence-electron chi connectivity index (χ2n) is 3.54. The van der Waals surface area contributed by atoms with E-state index in [9.17, 15) is 5.11 Å². The fourth-order valence-corrected chi connectivity index (χ4v) is 1.55. The van der Waals surface area contributed by atoms with Crippen LogP contribution in [0.5, 0.6) is 0 Å². The predicted molar refractivity (Wildman–Crippen MR) is 44.2 cm³/mol. The van der Waals surface area contributed by atoms with Gasteiger partial charge in [-0.15, -0.1) is 0 Å². The van der Waals surface area contributed by atoms with Crippen LogP contribution < -0.4 is 0 Å². The summed E-state index contributed by atoms with van der Waals surface area (Å²) in [5.41, 5.74) is -0.0938. The van der Waals surface area contributed by atoms with Crippen molar-refractivity contribution < 1.29 is 10.2 Å². The maximum Gasteiger partial charge on any atom is 0.0775 e. The number of hydrogen-bond donors (Lipinski definition) is 2. The van der Waals surface area contributed by atoms with Crippen molar-refractivity contribution in [1.29, 1.82) is 0 Å². The van der Waals surface area contributed by atoms with Gasteiger partial charge < -0.3 is 10.2 Å². The molecule has 0 saturated carbocycles. The molecule has 1 aliphatic carbocycles. The maximum atomic E-state index is 9.56. The number of allylic oxidation sites excluding steroid dienone is 1. The van der Waals surface area contributed by atoms with Gasteiger partial charge in [0.2, 0.25) is 0 Å². The molecule has 0 heterocycles. The maximum absolute atomic E-state index is 9.56. The lowest BCUT2D eigenvalue weighted by molar-refractivity contribution is 0.0402. The molecule has 0 aromatic heterocycles. The Morgan fingerprint density at radius 1 is 1.64 bits per heavy atom. The Labute approximate surface area is 67.6 Å². The molecule has 2 heteroatoms. The van der Waals surface area contributed by atoms with Crippen LogP contribution in [0.25, 0.3) is 0 Å². The first-order valence-electron chi connectivity index (χ1n) is 4.15. The van der Waals surface area contributed by atoms with Gasteiger partial charge in [-0.2, -0.15) is 0 Å². The molecule has 2 N–H and O–H groups in total. The molecule has 11 heavy (non-hydrogen) atoms. The highest BCUT2D eigenvalue weighted by Crippen LogP contribution is 2.35. The Bertz CT molecular complexity index is 154. The van der Waals surface area contributed by atoms with Crippen molar-refractivity contribution in [3.8, 4) is 0 Å². The van der Waals surface area contributed by atoms with Crippen LogP contribution in [0, 0.1) is 5.41 Å². The molecule has 0 radical (unpaired) electrons. The lowest BCUT2D eigenvalue weighted by Gasteiger charge is -2.34. The van der Waals surface area contributed by atoms with Gasteiger partial charge in [-0.05, 0) is 24.7 Å². The predicted octanol–water partition coefficient (Wildman–Crippen LogP) is 1.09. The van der Waals surface area contributed by atoms with Crippen molar-refractivity contribution in [3.63, 3.8) is 0 Å². The van der Waals surface area contributed by atoms with Crippen LogP contribution in [0.15, 0.2) is 12.2 Å². The standard InChI is InChI=1S/C9H16O2/c1-9(6-7-10)5-3-2-4-8(9)11/h2,4,8,10-11H,3,5-7H2,1H3. The minimum atomic E-state index is -0.372. The second kappa shape index (κ2) is 3.37. The van der Waals surface area contributed by atoms with E-state index in [4.69, 9.17) is 5.11 Å². The molecule has 0 aliphatic heterocycles. The Morgan fingerprint density at radius 3 is 2.91 bits per heavy atom. The largest absolute Gasteiger partial charge is 0.396 e. The Kier molecular flexibility index (Phi) is 2.68. The van der Waals surface area contributed by atoms with Gasteiger partial charge in [-0.1, -0.05) is 19.1 Å². The highest BCUT2D eigenvalue weighted by atomic mass is 16.3. The molecule has 1 rings (SSSR count). The SMILES string of the molecule is CC1(CCO)CCC=CC1O. The van der Waals surface area contributed by atoms with E-state index in [0.717, 1.165) is 12.8 Å². The van der Waals surface area contributed by atoms with Crippen LogP contribution >= 0.6 is 0 Å². The first kappa shape index (κ1) is 8.75. The van der Waals surface area contributed by atoms with Gasteiger partial charge in [0.05, 0.1) is 6.10 Å². The summed E-state index contributed by atoms with van der Waals surface area (Å²) >= 11 is 0. The molecule has 2 unspecified atom stereocenters. The van der Waals surface area contributed by atoms with E-state index in [1.807, 2.05) is 19.1 Å². The Balaban J connectivity index is 2.60. The van der Waals surface area contributed by atoms with Crippen molar-refractivity contribution >= 4 is 0 Å². The highest BCUT2D eigenvalue weighted by molar-refractivity contribution is 5.03. The summed E-state index contributed by atoms with van der Waals surface area (Å²) in [5, 5.41) is 18.3. The molecule has 0 aromatic carbocycles. The molecule has 0 spiro atoms. The lowest BCUT2D eigenvalue weighted by atomic mass is 9.74. The molecular weight excluding hydrogens is 140 g/mol. The van der Waals surface area contributed by atoms with E-state index in [-0.39, 0.29) is 18.1 Å². The minimum absolute atomic E-state index is 0.0938. The minimum Gasteiger partial charge on any atom is -0.396 e. The van der Waals surface area contributed by atoms with Crippen LogP contribution in [0.2, 0.25) is 0 Å². The second-order valence-corrected chi connectivity index (χ2v) is 3.54. The molecule has 0 saturated heterocycles. The molecule has 2 nitrogen and oxygen atoms in total. The van der Waals surface area contributed by atoms with Gasteiger partial charge in [0, 0.05) is 6.61 Å². The summed E-state index contributed by atoms with van der Waals surface area (Å²) in [6.45, 7) is 2.19. The quantitative estimate of drug-likeness (QED) is 0.587. The smallest absolute Gasteiger partial charge is 0.0775 e. The normalized spacial score (nSPS) is 37.5. The summed E-state index contributed by atoms with van der Waals surface area (Å²) in [4.78, 5) is 0. The number of aliphatic hydroxyl groups is 2. The van der Waals surface area contributed by atoms with E-state index in [1.165, 1.54) is 0 Å². The Hall–Kier alpha value is -0.340. The van der Waals surface area contributed by atoms with Crippen LogP contribution in [-0.2, 0) is 0 Å². The van der Waals surface area contributed by atoms with Crippen molar-refractivity contribution in [2.24, 2.45) is 5.41 Å². The van der Waals surface area contributed by atoms with E-state index in [0.29, 0.717) is 6.42 Å². The third-order valence-electron chi connectivity index (χ3n) is 2.60. The van der Waals surface area contributed by atoms with Crippen LogP contribution in [0.3, 0.4) is 0 Å². The van der Waals surface area contributed by atoms with Crippen molar-refractivity contribution in [2.45, 2.75) is 32.3 Å². The fraction of sp³-hybridized carbons (Fsp3) is 0.778. The third-order valence-corrected chi connectivity index (χ3v) is 2.60. The van der Waals surface area contributed by atoms with Crippen molar-refractivity contribution in [1.82, 2.24) is 0 Å². The first-order valence-corrected chi connectivity index (χ1v) is 4.15. The molecule has 0 amide bonds. The van der Waals surface area contributed by atoms with Crippen molar-refractivity contribution in [2.75, 3.05) is 6.61 Å². The summed E-state index contributed by atoms with van der Waals surface area (Å²) in [7, 11) is 0. The monoisotopic (exact) mass is 156 g/mol. The lowest BCUT2D eigenvalue weighted by Crippen LogP contribution is -2.33. The summed E-state index contributed by atoms with van der Waals surface area (Å²) in [5.74, 6) is 0. The summed E-state index contributed by atoms with van der Waals surface area (Å²) in [6, 6.07) is 0. The average molecular weight is 156 g/mol. The van der Waals surface area contributed by atoms with E-state index in [1.54, 1.807) is 0 Å². The van der Waals surface area contributed by atoms with Gasteiger partial charge in [0.25, 0.3) is 0 Å². The van der Waals surface area contributed by atoms with E-state index >= 15 is 0 Å². The molecule has 64 valence electrons. The van der Waals surface area contributed by atoms with Crippen LogP contribution in [-0.4, -0.2) is 22.9 Å². The van der Waals surface area contributed by atoms with Gasteiger partial charge in [0.15, 0.2) is 0 Å². The molecule has 2 atom stereocenters. The topological polar surface area (TPSA) is 40.5 Å². The highest BCUT2D eigenvalue weighted by Gasteiger charge is 2.31. The number of hydrogen-bond acceptors (Lipinski definition) is 2. The average Bonchev–Trinajstić information content (AvgIpc) is 1.96. The zero-order valence-electron chi connectivity index (χ0n) is 6.95. The molecule has 0 bridgehead atoms. The van der Waals surface area contributed by atoms with Crippen molar-refractivity contribution in [3.05, 3.63) is 12.2 Å². The van der Waals surface area contributed by atoms with Crippen LogP contribution in [0.1, 0.15) is 26.2 Å². The molecule has 0 aromatic rings. The van der Waals surface area contributed by atoms with Gasteiger partial charge >= 0.3 is 0 Å². The fourth-order valence-electron chi connectivity index (χ4n) is 1.55. The Morgan fingerprint density at radius 2 is 2.36 bits per heavy atom. The zero-order chi connectivity index (χ0) is 8.32. The van der Waals surface area contributed by atoms with E-state index in [2.05, 4.69) is 0 Å². The number of aliphatic hydroxyl groups excluding tert-OH is 2. The van der Waals surface area contributed by atoms with Gasteiger partial charge in [0.1, 0.15) is 0 Å².